The standard InChI is InChI=1S/C19H22N4O2/c20-10-15-3-4-19(21-11-15)25-18-13-22-7-1-2-17(22)12-23(14-18)16-5-8-24-9-6-16/h1-4,7,11,16,18H,5-6,8-9,12-14H2. The fraction of sp³-hybridized carbons (Fsp3) is 0.474. The molecule has 4 heterocycles. The Kier molecular flexibility index (Phi) is 4.68. The number of hydrogen-bond donors (Lipinski definition) is 0. The minimum absolute atomic E-state index is 0.0249. The van der Waals surface area contributed by atoms with E-state index in [2.05, 4.69) is 38.8 Å². The molecule has 1 atom stereocenters. The molecule has 0 radical (unpaired) electrons. The fourth-order valence-electron chi connectivity index (χ4n) is 3.67. The second kappa shape index (κ2) is 7.26. The Balaban J connectivity index is 1.52. The summed E-state index contributed by atoms with van der Waals surface area (Å²) in [7, 11) is 0. The lowest BCUT2D eigenvalue weighted by Gasteiger charge is -2.34. The number of nitriles is 1. The smallest absolute Gasteiger partial charge is 0.213 e. The lowest BCUT2D eigenvalue weighted by atomic mass is 10.1. The number of nitrogens with zero attached hydrogens (tertiary/aromatic N) is 4. The minimum atomic E-state index is 0.0249. The van der Waals surface area contributed by atoms with Crippen molar-refractivity contribution < 1.29 is 9.47 Å². The maximum atomic E-state index is 8.90. The normalized spacial score (nSPS) is 22.0. The van der Waals surface area contributed by atoms with E-state index in [1.807, 2.05) is 0 Å². The topological polar surface area (TPSA) is 63.3 Å². The molecule has 0 aromatic carbocycles. The van der Waals surface area contributed by atoms with Crippen LogP contribution >= 0.6 is 0 Å². The first-order valence-corrected chi connectivity index (χ1v) is 8.80. The highest BCUT2D eigenvalue weighted by Gasteiger charge is 2.29. The molecule has 6 nitrogen and oxygen atoms in total. The van der Waals surface area contributed by atoms with Crippen molar-refractivity contribution in [3.8, 4) is 11.9 Å². The van der Waals surface area contributed by atoms with E-state index in [1.165, 1.54) is 5.69 Å². The monoisotopic (exact) mass is 338 g/mol. The molecule has 0 aliphatic carbocycles. The van der Waals surface area contributed by atoms with E-state index in [1.54, 1.807) is 18.3 Å². The molecule has 1 fully saturated rings. The van der Waals surface area contributed by atoms with Crippen molar-refractivity contribution in [3.63, 3.8) is 0 Å². The van der Waals surface area contributed by atoms with Crippen LogP contribution in [0.25, 0.3) is 0 Å². The Morgan fingerprint density at radius 2 is 2.08 bits per heavy atom. The first-order chi connectivity index (χ1) is 12.3. The molecule has 25 heavy (non-hydrogen) atoms. The van der Waals surface area contributed by atoms with Gasteiger partial charge in [-0.1, -0.05) is 0 Å². The van der Waals surface area contributed by atoms with Gasteiger partial charge in [0.2, 0.25) is 5.88 Å². The van der Waals surface area contributed by atoms with Gasteiger partial charge >= 0.3 is 0 Å². The molecule has 1 unspecified atom stereocenters. The first kappa shape index (κ1) is 16.1. The maximum Gasteiger partial charge on any atom is 0.213 e. The number of pyridine rings is 1. The third kappa shape index (κ3) is 3.68. The van der Waals surface area contributed by atoms with Crippen LogP contribution in [0.15, 0.2) is 36.7 Å². The Morgan fingerprint density at radius 3 is 2.84 bits per heavy atom. The van der Waals surface area contributed by atoms with Gasteiger partial charge in [0, 0.05) is 56.5 Å². The lowest BCUT2D eigenvalue weighted by molar-refractivity contribution is 0.0166. The van der Waals surface area contributed by atoms with Crippen LogP contribution < -0.4 is 4.74 Å². The Hall–Kier alpha value is -2.36. The number of aromatic nitrogens is 2. The molecule has 2 aliphatic rings. The molecule has 130 valence electrons. The van der Waals surface area contributed by atoms with Gasteiger partial charge < -0.3 is 14.0 Å². The van der Waals surface area contributed by atoms with Crippen LogP contribution in [-0.2, 0) is 17.8 Å². The van der Waals surface area contributed by atoms with Gasteiger partial charge in [-0.3, -0.25) is 4.90 Å². The molecule has 0 saturated carbocycles. The highest BCUT2D eigenvalue weighted by Crippen LogP contribution is 2.23. The molecule has 0 spiro atoms. The fourth-order valence-corrected chi connectivity index (χ4v) is 3.67. The van der Waals surface area contributed by atoms with Crippen LogP contribution in [0.4, 0.5) is 0 Å². The molecule has 4 rings (SSSR count). The predicted octanol–water partition coefficient (Wildman–Crippen LogP) is 2.20. The largest absolute Gasteiger partial charge is 0.471 e. The lowest BCUT2D eigenvalue weighted by Crippen LogP contribution is -2.43. The highest BCUT2D eigenvalue weighted by atomic mass is 16.5. The van der Waals surface area contributed by atoms with Crippen molar-refractivity contribution in [1.82, 2.24) is 14.5 Å². The number of ether oxygens (including phenoxy) is 2. The van der Waals surface area contributed by atoms with E-state index in [-0.39, 0.29) is 6.10 Å². The van der Waals surface area contributed by atoms with Crippen molar-refractivity contribution in [1.29, 1.82) is 5.26 Å². The molecule has 0 N–H and O–H groups in total. The SMILES string of the molecule is N#Cc1ccc(OC2CN(C3CCOCC3)Cc3cccn3C2)nc1. The van der Waals surface area contributed by atoms with Crippen molar-refractivity contribution in [3.05, 3.63) is 47.9 Å². The van der Waals surface area contributed by atoms with E-state index in [9.17, 15) is 0 Å². The highest BCUT2D eigenvalue weighted by molar-refractivity contribution is 5.28. The Morgan fingerprint density at radius 1 is 1.20 bits per heavy atom. The van der Waals surface area contributed by atoms with Crippen molar-refractivity contribution in [2.45, 2.75) is 38.1 Å². The summed E-state index contributed by atoms with van der Waals surface area (Å²) in [4.78, 5) is 6.79. The van der Waals surface area contributed by atoms with Gasteiger partial charge in [0.05, 0.1) is 12.1 Å². The number of fused-ring (bicyclic) bond motifs is 1. The summed E-state index contributed by atoms with van der Waals surface area (Å²) in [5, 5.41) is 8.90. The molecule has 0 bridgehead atoms. The third-order valence-corrected chi connectivity index (χ3v) is 4.99. The zero-order valence-corrected chi connectivity index (χ0v) is 14.2. The third-order valence-electron chi connectivity index (χ3n) is 4.99. The zero-order chi connectivity index (χ0) is 17.1. The van der Waals surface area contributed by atoms with Crippen molar-refractivity contribution in [2.24, 2.45) is 0 Å². The first-order valence-electron chi connectivity index (χ1n) is 8.80. The number of hydrogen-bond acceptors (Lipinski definition) is 5. The van der Waals surface area contributed by atoms with E-state index in [0.717, 1.165) is 45.7 Å². The molecular formula is C19H22N4O2. The van der Waals surface area contributed by atoms with Crippen LogP contribution in [0.1, 0.15) is 24.1 Å². The van der Waals surface area contributed by atoms with Gasteiger partial charge in [-0.2, -0.15) is 5.26 Å². The Labute approximate surface area is 147 Å². The van der Waals surface area contributed by atoms with E-state index >= 15 is 0 Å². The molecular weight excluding hydrogens is 316 g/mol. The summed E-state index contributed by atoms with van der Waals surface area (Å²) in [5.41, 5.74) is 1.87. The van der Waals surface area contributed by atoms with Crippen LogP contribution in [-0.4, -0.2) is 46.4 Å². The average molecular weight is 338 g/mol. The van der Waals surface area contributed by atoms with Crippen molar-refractivity contribution >= 4 is 0 Å². The van der Waals surface area contributed by atoms with Gasteiger partial charge in [0.25, 0.3) is 0 Å². The number of rotatable bonds is 3. The molecule has 2 aromatic heterocycles. The predicted molar refractivity (Wildman–Crippen MR) is 92.1 cm³/mol. The minimum Gasteiger partial charge on any atom is -0.471 e. The second-order valence-corrected chi connectivity index (χ2v) is 6.66. The van der Waals surface area contributed by atoms with E-state index < -0.39 is 0 Å². The van der Waals surface area contributed by atoms with Gasteiger partial charge in [-0.05, 0) is 31.0 Å². The molecule has 2 aliphatic heterocycles. The summed E-state index contributed by atoms with van der Waals surface area (Å²) in [6, 6.07) is 10.4. The summed E-state index contributed by atoms with van der Waals surface area (Å²) in [5.74, 6) is 0.575. The Bertz CT molecular complexity index is 744. The van der Waals surface area contributed by atoms with E-state index in [4.69, 9.17) is 14.7 Å². The average Bonchev–Trinajstić information content (AvgIpc) is 3.01. The van der Waals surface area contributed by atoms with Crippen LogP contribution in [0, 0.1) is 11.3 Å². The van der Waals surface area contributed by atoms with E-state index in [0.29, 0.717) is 17.5 Å². The van der Waals surface area contributed by atoms with Crippen molar-refractivity contribution in [2.75, 3.05) is 19.8 Å². The summed E-state index contributed by atoms with van der Waals surface area (Å²) in [6.45, 7) is 4.30. The molecule has 0 amide bonds. The molecule has 1 saturated heterocycles. The van der Waals surface area contributed by atoms with Crippen LogP contribution in [0.5, 0.6) is 5.88 Å². The summed E-state index contributed by atoms with van der Waals surface area (Å²) >= 11 is 0. The van der Waals surface area contributed by atoms with Gasteiger partial charge in [0.15, 0.2) is 0 Å². The summed E-state index contributed by atoms with van der Waals surface area (Å²) < 4.78 is 14.0. The summed E-state index contributed by atoms with van der Waals surface area (Å²) in [6.07, 6.45) is 5.84. The van der Waals surface area contributed by atoms with Crippen LogP contribution in [0.2, 0.25) is 0 Å². The zero-order valence-electron chi connectivity index (χ0n) is 14.2. The second-order valence-electron chi connectivity index (χ2n) is 6.66. The van der Waals surface area contributed by atoms with Crippen LogP contribution in [0.3, 0.4) is 0 Å². The van der Waals surface area contributed by atoms with Gasteiger partial charge in [-0.25, -0.2) is 4.98 Å². The molecule has 6 heteroatoms. The van der Waals surface area contributed by atoms with Gasteiger partial charge in [-0.15, -0.1) is 0 Å². The quantitative estimate of drug-likeness (QED) is 0.858. The van der Waals surface area contributed by atoms with Gasteiger partial charge in [0.1, 0.15) is 12.2 Å². The maximum absolute atomic E-state index is 8.90. The molecule has 2 aromatic rings.